The first kappa shape index (κ1) is 14.3. The molecule has 0 aromatic carbocycles. The third-order valence-electron chi connectivity index (χ3n) is 3.16. The average Bonchev–Trinajstić information content (AvgIpc) is 3.25. The first-order chi connectivity index (χ1) is 10.8. The van der Waals surface area contributed by atoms with Crippen LogP contribution in [-0.2, 0) is 11.4 Å². The Balaban J connectivity index is 1.76. The number of hydrogen-bond donors (Lipinski definition) is 0. The molecule has 1 aliphatic rings. The van der Waals surface area contributed by atoms with Gasteiger partial charge in [0, 0.05) is 17.7 Å². The predicted molar refractivity (Wildman–Crippen MR) is 82.0 cm³/mol. The number of hydrogen-bond acceptors (Lipinski definition) is 5. The summed E-state index contributed by atoms with van der Waals surface area (Å²) >= 11 is 0. The van der Waals surface area contributed by atoms with Crippen LogP contribution in [0.3, 0.4) is 0 Å². The molecule has 0 unspecified atom stereocenters. The summed E-state index contributed by atoms with van der Waals surface area (Å²) in [6.45, 7) is 2.89. The SMILES string of the molecule is CCON=C(Cn1cncn1)c1ccc(C#CC2CC2)nc1. The van der Waals surface area contributed by atoms with Gasteiger partial charge in [0.2, 0.25) is 0 Å². The van der Waals surface area contributed by atoms with E-state index in [1.807, 2.05) is 19.1 Å². The Morgan fingerprint density at radius 1 is 1.45 bits per heavy atom. The molecule has 2 heterocycles. The maximum Gasteiger partial charge on any atom is 0.137 e. The summed E-state index contributed by atoms with van der Waals surface area (Å²) < 4.78 is 1.69. The summed E-state index contributed by atoms with van der Waals surface area (Å²) in [7, 11) is 0. The minimum absolute atomic E-state index is 0.481. The molecule has 0 bridgehead atoms. The van der Waals surface area contributed by atoms with Crippen LogP contribution in [0.2, 0.25) is 0 Å². The molecule has 0 radical (unpaired) electrons. The highest BCUT2D eigenvalue weighted by molar-refractivity contribution is 5.99. The lowest BCUT2D eigenvalue weighted by atomic mass is 10.1. The van der Waals surface area contributed by atoms with Gasteiger partial charge in [-0.2, -0.15) is 5.10 Å². The van der Waals surface area contributed by atoms with E-state index in [2.05, 4.69) is 32.1 Å². The molecule has 1 aliphatic carbocycles. The number of rotatable bonds is 5. The predicted octanol–water partition coefficient (Wildman–Crippen LogP) is 1.88. The van der Waals surface area contributed by atoms with E-state index in [4.69, 9.17) is 4.84 Å². The van der Waals surface area contributed by atoms with Crippen LogP contribution in [0, 0.1) is 17.8 Å². The van der Waals surface area contributed by atoms with Crippen molar-refractivity contribution >= 4 is 5.71 Å². The normalized spacial score (nSPS) is 14.3. The lowest BCUT2D eigenvalue weighted by molar-refractivity contribution is 0.158. The van der Waals surface area contributed by atoms with E-state index in [0.29, 0.717) is 19.1 Å². The maximum absolute atomic E-state index is 5.19. The van der Waals surface area contributed by atoms with Crippen LogP contribution in [0.15, 0.2) is 36.1 Å². The van der Waals surface area contributed by atoms with Gasteiger partial charge in [-0.1, -0.05) is 11.1 Å². The Kier molecular flexibility index (Phi) is 4.44. The number of oxime groups is 1. The van der Waals surface area contributed by atoms with Crippen molar-refractivity contribution in [1.29, 1.82) is 0 Å². The molecular weight excluding hydrogens is 278 g/mol. The fourth-order valence-corrected chi connectivity index (χ4v) is 1.83. The van der Waals surface area contributed by atoms with E-state index in [9.17, 15) is 0 Å². The number of nitrogens with zero attached hydrogens (tertiary/aromatic N) is 5. The van der Waals surface area contributed by atoms with Crippen LogP contribution in [-0.4, -0.2) is 32.1 Å². The largest absolute Gasteiger partial charge is 0.396 e. The quantitative estimate of drug-likeness (QED) is 0.480. The maximum atomic E-state index is 5.19. The van der Waals surface area contributed by atoms with E-state index in [1.165, 1.54) is 19.2 Å². The topological polar surface area (TPSA) is 65.2 Å². The third kappa shape index (κ3) is 3.92. The van der Waals surface area contributed by atoms with Crippen molar-refractivity contribution in [3.63, 3.8) is 0 Å². The summed E-state index contributed by atoms with van der Waals surface area (Å²) in [5, 5.41) is 8.24. The van der Waals surface area contributed by atoms with Gasteiger partial charge in [-0.25, -0.2) is 14.6 Å². The molecule has 1 fully saturated rings. The van der Waals surface area contributed by atoms with Crippen LogP contribution in [0.5, 0.6) is 0 Å². The van der Waals surface area contributed by atoms with Gasteiger partial charge < -0.3 is 4.84 Å². The van der Waals surface area contributed by atoms with E-state index in [0.717, 1.165) is 17.0 Å². The fraction of sp³-hybridized carbons (Fsp3) is 0.375. The second-order valence-corrected chi connectivity index (χ2v) is 5.02. The molecule has 6 heteroatoms. The standard InChI is InChI=1S/C16H17N5O/c1-2-22-20-16(10-21-12-17-11-19-21)14-6-8-15(18-9-14)7-5-13-3-4-13/h6,8-9,11-13H,2-4,10H2,1H3. The van der Waals surface area contributed by atoms with Gasteiger partial charge in [-0.05, 0) is 37.8 Å². The highest BCUT2D eigenvalue weighted by atomic mass is 16.6. The first-order valence-corrected chi connectivity index (χ1v) is 7.34. The van der Waals surface area contributed by atoms with Crippen molar-refractivity contribution in [3.05, 3.63) is 42.2 Å². The molecule has 1 saturated carbocycles. The first-order valence-electron chi connectivity index (χ1n) is 7.34. The zero-order valence-electron chi connectivity index (χ0n) is 12.4. The molecule has 0 N–H and O–H groups in total. The zero-order chi connectivity index (χ0) is 15.2. The van der Waals surface area contributed by atoms with Gasteiger partial charge >= 0.3 is 0 Å². The minimum Gasteiger partial charge on any atom is -0.396 e. The molecule has 3 rings (SSSR count). The fourth-order valence-electron chi connectivity index (χ4n) is 1.83. The average molecular weight is 295 g/mol. The van der Waals surface area contributed by atoms with Crippen molar-refractivity contribution < 1.29 is 4.84 Å². The smallest absolute Gasteiger partial charge is 0.137 e. The van der Waals surface area contributed by atoms with Gasteiger partial charge in [0.05, 0.1) is 6.54 Å². The molecule has 112 valence electrons. The molecule has 0 atom stereocenters. The van der Waals surface area contributed by atoms with Crippen LogP contribution in [0.1, 0.15) is 31.0 Å². The van der Waals surface area contributed by atoms with Crippen LogP contribution in [0.4, 0.5) is 0 Å². The van der Waals surface area contributed by atoms with Crippen LogP contribution in [0.25, 0.3) is 0 Å². The summed E-state index contributed by atoms with van der Waals surface area (Å²) in [6.07, 6.45) is 7.34. The Hall–Kier alpha value is -2.68. The highest BCUT2D eigenvalue weighted by Gasteiger charge is 2.17. The van der Waals surface area contributed by atoms with Gasteiger partial charge in [0.15, 0.2) is 0 Å². The molecular formula is C16H17N5O. The van der Waals surface area contributed by atoms with Gasteiger partial charge in [-0.3, -0.25) is 0 Å². The number of pyridine rings is 1. The van der Waals surface area contributed by atoms with Crippen LogP contribution >= 0.6 is 0 Å². The molecule has 2 aromatic heterocycles. The molecule has 6 nitrogen and oxygen atoms in total. The Morgan fingerprint density at radius 3 is 3.00 bits per heavy atom. The molecule has 0 amide bonds. The molecule has 0 spiro atoms. The van der Waals surface area contributed by atoms with E-state index < -0.39 is 0 Å². The van der Waals surface area contributed by atoms with Crippen molar-refractivity contribution in [1.82, 2.24) is 19.7 Å². The van der Waals surface area contributed by atoms with Crippen LogP contribution < -0.4 is 0 Å². The van der Waals surface area contributed by atoms with Crippen molar-refractivity contribution in [2.75, 3.05) is 6.61 Å². The zero-order valence-corrected chi connectivity index (χ0v) is 12.4. The van der Waals surface area contributed by atoms with Crippen molar-refractivity contribution in [2.45, 2.75) is 26.3 Å². The van der Waals surface area contributed by atoms with E-state index >= 15 is 0 Å². The van der Waals surface area contributed by atoms with E-state index in [1.54, 1.807) is 17.2 Å². The summed E-state index contributed by atoms with van der Waals surface area (Å²) in [4.78, 5) is 13.5. The summed E-state index contributed by atoms with van der Waals surface area (Å²) in [5.74, 6) is 6.88. The second-order valence-electron chi connectivity index (χ2n) is 5.02. The van der Waals surface area contributed by atoms with Crippen molar-refractivity contribution in [3.8, 4) is 11.8 Å². The molecule has 22 heavy (non-hydrogen) atoms. The van der Waals surface area contributed by atoms with E-state index in [-0.39, 0.29) is 0 Å². The molecule has 0 aliphatic heterocycles. The lowest BCUT2D eigenvalue weighted by Crippen LogP contribution is -2.13. The Bertz CT molecular complexity index is 690. The third-order valence-corrected chi connectivity index (χ3v) is 3.16. The minimum atomic E-state index is 0.481. The molecule has 2 aromatic rings. The summed E-state index contributed by atoms with van der Waals surface area (Å²) in [6, 6.07) is 3.87. The monoisotopic (exact) mass is 295 g/mol. The Morgan fingerprint density at radius 2 is 2.36 bits per heavy atom. The van der Waals surface area contributed by atoms with Crippen molar-refractivity contribution in [2.24, 2.45) is 11.1 Å². The van der Waals surface area contributed by atoms with Gasteiger partial charge in [0.1, 0.15) is 30.7 Å². The molecule has 0 saturated heterocycles. The number of aromatic nitrogens is 4. The second kappa shape index (κ2) is 6.85. The highest BCUT2D eigenvalue weighted by Crippen LogP contribution is 2.27. The van der Waals surface area contributed by atoms with Gasteiger partial charge in [0.25, 0.3) is 0 Å². The Labute approximate surface area is 129 Å². The lowest BCUT2D eigenvalue weighted by Gasteiger charge is -2.06. The summed E-state index contributed by atoms with van der Waals surface area (Å²) in [5.41, 5.74) is 2.43. The van der Waals surface area contributed by atoms with Gasteiger partial charge in [-0.15, -0.1) is 0 Å².